The van der Waals surface area contributed by atoms with Gasteiger partial charge < -0.3 is 30.0 Å². The maximum atomic E-state index is 13.0. The Balaban J connectivity index is 1.44. The Kier molecular flexibility index (Phi) is 7.02. The summed E-state index contributed by atoms with van der Waals surface area (Å²) in [5, 5.41) is 14.2. The fourth-order valence-electron chi connectivity index (χ4n) is 4.48. The average molecular weight is 482 g/mol. The number of nitrogens with one attached hydrogen (secondary N) is 2. The van der Waals surface area contributed by atoms with Crippen molar-refractivity contribution in [3.8, 4) is 11.1 Å². The van der Waals surface area contributed by atoms with Gasteiger partial charge in [0.05, 0.1) is 20.1 Å². The molecule has 10 nitrogen and oxygen atoms in total. The van der Waals surface area contributed by atoms with Crippen LogP contribution in [0.4, 0.5) is 4.79 Å². The number of hydrogen-bond acceptors (Lipinski definition) is 7. The highest BCUT2D eigenvalue weighted by molar-refractivity contribution is 5.94. The first-order valence-electron chi connectivity index (χ1n) is 11.2. The second kappa shape index (κ2) is 10.1. The Morgan fingerprint density at radius 2 is 1.71 bits per heavy atom. The molecule has 2 aromatic carbocycles. The lowest BCUT2D eigenvalue weighted by molar-refractivity contribution is -0.149. The third kappa shape index (κ3) is 4.97. The number of hydrogen-bond donors (Lipinski definition) is 3. The monoisotopic (exact) mass is 482 g/mol. The number of methoxy groups -OCH3 is 1. The molecule has 35 heavy (non-hydrogen) atoms. The molecule has 0 spiro atoms. The number of fused-ring (bicyclic) bond motifs is 3. The van der Waals surface area contributed by atoms with Gasteiger partial charge in [-0.2, -0.15) is 0 Å². The van der Waals surface area contributed by atoms with Gasteiger partial charge >= 0.3 is 18.0 Å². The molecule has 1 aliphatic carbocycles. The van der Waals surface area contributed by atoms with Crippen molar-refractivity contribution >= 4 is 23.9 Å². The molecule has 2 aliphatic rings. The third-order valence-corrected chi connectivity index (χ3v) is 6.34. The molecule has 3 N–H and O–H groups in total. The normalized spacial score (nSPS) is 19.2. The number of benzene rings is 2. The minimum Gasteiger partial charge on any atom is -0.480 e. The third-order valence-electron chi connectivity index (χ3n) is 6.34. The van der Waals surface area contributed by atoms with Gasteiger partial charge in [-0.3, -0.25) is 9.59 Å². The zero-order valence-electron chi connectivity index (χ0n) is 19.1. The zero-order valence-corrected chi connectivity index (χ0v) is 19.1. The van der Waals surface area contributed by atoms with Crippen molar-refractivity contribution in [1.29, 1.82) is 0 Å². The van der Waals surface area contributed by atoms with Crippen LogP contribution in [0, 0.1) is 0 Å². The number of amides is 2. The van der Waals surface area contributed by atoms with Crippen LogP contribution in [-0.4, -0.2) is 67.6 Å². The standard InChI is InChI=1S/C25H26N2O8/c1-33-21(28)12-20(22(29)30)26-23(31)25(10-11-34-14-25)27-24(32)35-13-19-17-8-4-2-6-15(17)16-7-3-5-9-18(16)19/h2-9,19-20H,10-14H2,1H3,(H,26,31)(H,27,32)(H,29,30)/t20-,25?/m0/s1. The fraction of sp³-hybridized carbons (Fsp3) is 0.360. The molecule has 1 unspecified atom stereocenters. The van der Waals surface area contributed by atoms with E-state index in [4.69, 9.17) is 9.47 Å². The van der Waals surface area contributed by atoms with E-state index in [0.717, 1.165) is 29.4 Å². The van der Waals surface area contributed by atoms with Gasteiger partial charge in [0.15, 0.2) is 0 Å². The van der Waals surface area contributed by atoms with Gasteiger partial charge in [-0.25, -0.2) is 9.59 Å². The van der Waals surface area contributed by atoms with Gasteiger partial charge in [0.1, 0.15) is 18.2 Å². The summed E-state index contributed by atoms with van der Waals surface area (Å²) in [6, 6.07) is 14.3. The van der Waals surface area contributed by atoms with E-state index in [-0.39, 0.29) is 32.2 Å². The zero-order chi connectivity index (χ0) is 25.0. The lowest BCUT2D eigenvalue weighted by Crippen LogP contribution is -2.62. The molecule has 0 radical (unpaired) electrons. The maximum absolute atomic E-state index is 13.0. The van der Waals surface area contributed by atoms with Crippen molar-refractivity contribution < 1.29 is 38.5 Å². The number of rotatable bonds is 8. The summed E-state index contributed by atoms with van der Waals surface area (Å²) in [4.78, 5) is 48.8. The van der Waals surface area contributed by atoms with Gasteiger partial charge in [0.25, 0.3) is 0 Å². The second-order valence-corrected chi connectivity index (χ2v) is 8.48. The summed E-state index contributed by atoms with van der Waals surface area (Å²) >= 11 is 0. The summed E-state index contributed by atoms with van der Waals surface area (Å²) in [7, 11) is 1.12. The number of esters is 1. The van der Waals surface area contributed by atoms with Crippen molar-refractivity contribution in [2.75, 3.05) is 26.9 Å². The predicted octanol–water partition coefficient (Wildman–Crippen LogP) is 1.82. The molecule has 0 aromatic heterocycles. The van der Waals surface area contributed by atoms with E-state index in [2.05, 4.69) is 15.4 Å². The number of ether oxygens (including phenoxy) is 3. The summed E-state index contributed by atoms with van der Waals surface area (Å²) in [6.45, 7) is 0.0813. The van der Waals surface area contributed by atoms with E-state index >= 15 is 0 Å². The molecule has 2 aromatic rings. The molecule has 10 heteroatoms. The first-order chi connectivity index (χ1) is 16.8. The van der Waals surface area contributed by atoms with Crippen molar-refractivity contribution in [2.45, 2.75) is 30.3 Å². The SMILES string of the molecule is COC(=O)C[C@H](NC(=O)C1(NC(=O)OCC2c3ccccc3-c3ccccc32)CCOC1)C(=O)O. The van der Waals surface area contributed by atoms with Crippen LogP contribution in [0.2, 0.25) is 0 Å². The van der Waals surface area contributed by atoms with E-state index < -0.39 is 41.9 Å². The van der Waals surface area contributed by atoms with Crippen LogP contribution < -0.4 is 10.6 Å². The Morgan fingerprint density at radius 1 is 1.09 bits per heavy atom. The minimum absolute atomic E-state index is 0.0541. The highest BCUT2D eigenvalue weighted by atomic mass is 16.6. The summed E-state index contributed by atoms with van der Waals surface area (Å²) < 4.78 is 15.4. The number of aliphatic carboxylic acids is 1. The predicted molar refractivity (Wildman–Crippen MR) is 123 cm³/mol. The summed E-state index contributed by atoms with van der Waals surface area (Å²) in [5.41, 5.74) is 2.74. The summed E-state index contributed by atoms with van der Waals surface area (Å²) in [6.07, 6.45) is -1.26. The number of alkyl carbamates (subject to hydrolysis) is 1. The van der Waals surface area contributed by atoms with Gasteiger partial charge in [0.2, 0.25) is 5.91 Å². The lowest BCUT2D eigenvalue weighted by atomic mass is 9.96. The van der Waals surface area contributed by atoms with E-state index in [0.29, 0.717) is 0 Å². The van der Waals surface area contributed by atoms with Gasteiger partial charge in [-0.1, -0.05) is 48.5 Å². The van der Waals surface area contributed by atoms with Crippen LogP contribution in [-0.2, 0) is 28.6 Å². The number of carbonyl (C=O) groups excluding carboxylic acids is 3. The van der Waals surface area contributed by atoms with E-state index in [9.17, 15) is 24.3 Å². The Morgan fingerprint density at radius 3 is 2.26 bits per heavy atom. The Labute approximate surface area is 201 Å². The number of carboxylic acid groups (broad SMARTS) is 1. The molecule has 1 fully saturated rings. The topological polar surface area (TPSA) is 140 Å². The minimum atomic E-state index is -1.52. The first-order valence-corrected chi connectivity index (χ1v) is 11.2. The van der Waals surface area contributed by atoms with Crippen molar-refractivity contribution in [3.05, 3.63) is 59.7 Å². The first kappa shape index (κ1) is 24.2. The maximum Gasteiger partial charge on any atom is 0.408 e. The molecular weight excluding hydrogens is 456 g/mol. The molecule has 1 saturated heterocycles. The largest absolute Gasteiger partial charge is 0.480 e. The number of carbonyl (C=O) groups is 4. The quantitative estimate of drug-likeness (QED) is 0.484. The molecule has 4 rings (SSSR count). The lowest BCUT2D eigenvalue weighted by Gasteiger charge is -2.28. The molecule has 1 heterocycles. The van der Waals surface area contributed by atoms with Crippen LogP contribution >= 0.6 is 0 Å². The fourth-order valence-corrected chi connectivity index (χ4v) is 4.48. The van der Waals surface area contributed by atoms with Gasteiger partial charge in [-0.15, -0.1) is 0 Å². The van der Waals surface area contributed by atoms with Crippen LogP contribution in [0.5, 0.6) is 0 Å². The summed E-state index contributed by atoms with van der Waals surface area (Å²) in [5.74, 6) is -3.13. The smallest absolute Gasteiger partial charge is 0.408 e. The van der Waals surface area contributed by atoms with E-state index in [1.165, 1.54) is 0 Å². The van der Waals surface area contributed by atoms with Crippen molar-refractivity contribution in [2.24, 2.45) is 0 Å². The van der Waals surface area contributed by atoms with Crippen LogP contribution in [0.3, 0.4) is 0 Å². The highest BCUT2D eigenvalue weighted by Crippen LogP contribution is 2.44. The number of carboxylic acids is 1. The average Bonchev–Trinajstić information content (AvgIpc) is 3.45. The Bertz CT molecular complexity index is 1100. The highest BCUT2D eigenvalue weighted by Gasteiger charge is 2.46. The molecule has 184 valence electrons. The van der Waals surface area contributed by atoms with Crippen LogP contribution in [0.15, 0.2) is 48.5 Å². The molecule has 0 bridgehead atoms. The molecule has 2 amide bonds. The van der Waals surface area contributed by atoms with Crippen molar-refractivity contribution in [3.63, 3.8) is 0 Å². The molecule has 0 saturated carbocycles. The van der Waals surface area contributed by atoms with Crippen molar-refractivity contribution in [1.82, 2.24) is 10.6 Å². The van der Waals surface area contributed by atoms with Crippen LogP contribution in [0.1, 0.15) is 29.9 Å². The molecular formula is C25H26N2O8. The van der Waals surface area contributed by atoms with E-state index in [1.54, 1.807) is 0 Å². The van der Waals surface area contributed by atoms with E-state index in [1.807, 2.05) is 48.5 Å². The molecule has 2 atom stereocenters. The van der Waals surface area contributed by atoms with Gasteiger partial charge in [0, 0.05) is 18.9 Å². The van der Waals surface area contributed by atoms with Gasteiger partial charge in [-0.05, 0) is 22.3 Å². The Hall–Kier alpha value is -3.92. The molecule has 1 aliphatic heterocycles. The second-order valence-electron chi connectivity index (χ2n) is 8.48. The van der Waals surface area contributed by atoms with Crippen LogP contribution in [0.25, 0.3) is 11.1 Å².